The summed E-state index contributed by atoms with van der Waals surface area (Å²) in [6, 6.07) is -0.740. The van der Waals surface area contributed by atoms with Gasteiger partial charge in [-0.2, -0.15) is 8.42 Å². The van der Waals surface area contributed by atoms with Crippen LogP contribution in [0.15, 0.2) is 24.8 Å². The minimum atomic E-state index is -4.15. The topological polar surface area (TPSA) is 110 Å². The average molecular weight is 291 g/mol. The molecule has 1 unspecified atom stereocenters. The van der Waals surface area contributed by atoms with E-state index in [1.807, 2.05) is 0 Å². The van der Waals surface area contributed by atoms with Gasteiger partial charge in [0, 0.05) is 5.57 Å². The van der Waals surface area contributed by atoms with Crippen molar-refractivity contribution in [2.24, 2.45) is 0 Å². The van der Waals surface area contributed by atoms with Crippen molar-refractivity contribution in [2.45, 2.75) is 19.4 Å². The third kappa shape index (κ3) is 8.97. The molecule has 0 radical (unpaired) electrons. The van der Waals surface area contributed by atoms with E-state index in [9.17, 15) is 18.0 Å². The molecule has 0 rings (SSSR count). The van der Waals surface area contributed by atoms with Crippen molar-refractivity contribution in [2.75, 3.05) is 12.4 Å². The summed E-state index contributed by atoms with van der Waals surface area (Å²) >= 11 is 0. The molecule has 2 N–H and O–H groups in total. The fraction of sp³-hybridized carbons (Fsp3) is 0.455. The predicted molar refractivity (Wildman–Crippen MR) is 68.9 cm³/mol. The Balaban J connectivity index is 4.49. The number of rotatable bonds is 8. The van der Waals surface area contributed by atoms with E-state index in [1.54, 1.807) is 0 Å². The molecular weight excluding hydrogens is 274 g/mol. The molecule has 0 bridgehead atoms. The highest BCUT2D eigenvalue weighted by Crippen LogP contribution is 2.00. The standard InChI is InChI=1S/C11H17NO6S/c1-4-10(13)12-9(5-6-19(15,16)17)7-18-11(14)8(2)3/h4,9H,1-2,5-7H2,3H3,(H,12,13)(H,15,16,17). The van der Waals surface area contributed by atoms with E-state index >= 15 is 0 Å². The summed E-state index contributed by atoms with van der Waals surface area (Å²) in [5.41, 5.74) is 0.184. The van der Waals surface area contributed by atoms with Gasteiger partial charge in [0.1, 0.15) is 6.61 Å². The van der Waals surface area contributed by atoms with Gasteiger partial charge in [-0.05, 0) is 19.4 Å². The van der Waals surface area contributed by atoms with E-state index in [2.05, 4.69) is 18.5 Å². The Morgan fingerprint density at radius 3 is 2.47 bits per heavy atom. The van der Waals surface area contributed by atoms with E-state index in [4.69, 9.17) is 9.29 Å². The molecule has 0 aliphatic heterocycles. The van der Waals surface area contributed by atoms with Gasteiger partial charge in [0.15, 0.2) is 0 Å². The van der Waals surface area contributed by atoms with Crippen LogP contribution in [-0.2, 0) is 24.4 Å². The van der Waals surface area contributed by atoms with Gasteiger partial charge in [-0.25, -0.2) is 4.79 Å². The van der Waals surface area contributed by atoms with E-state index in [0.29, 0.717) is 0 Å². The van der Waals surface area contributed by atoms with Gasteiger partial charge in [0.05, 0.1) is 11.8 Å². The van der Waals surface area contributed by atoms with E-state index in [1.165, 1.54) is 6.92 Å². The second-order valence-electron chi connectivity index (χ2n) is 3.86. The predicted octanol–water partition coefficient (Wildman–Crippen LogP) is 0.0544. The van der Waals surface area contributed by atoms with Crippen LogP contribution in [-0.4, -0.2) is 43.2 Å². The third-order valence-electron chi connectivity index (χ3n) is 2.02. The molecule has 1 atom stereocenters. The molecule has 0 saturated heterocycles. The minimum Gasteiger partial charge on any atom is -0.460 e. The molecule has 19 heavy (non-hydrogen) atoms. The van der Waals surface area contributed by atoms with Crippen LogP contribution in [0.25, 0.3) is 0 Å². The van der Waals surface area contributed by atoms with Crippen LogP contribution in [0.1, 0.15) is 13.3 Å². The molecule has 0 aliphatic rings. The lowest BCUT2D eigenvalue weighted by Gasteiger charge is -2.17. The fourth-order valence-corrected chi connectivity index (χ4v) is 1.63. The lowest BCUT2D eigenvalue weighted by Crippen LogP contribution is -2.39. The summed E-state index contributed by atoms with van der Waals surface area (Å²) in [6.07, 6.45) is 0.906. The van der Waals surface area contributed by atoms with E-state index in [-0.39, 0.29) is 18.6 Å². The van der Waals surface area contributed by atoms with Crippen molar-refractivity contribution in [1.82, 2.24) is 5.32 Å². The number of carbonyl (C=O) groups excluding carboxylic acids is 2. The molecule has 8 heteroatoms. The molecule has 0 aromatic heterocycles. The summed E-state index contributed by atoms with van der Waals surface area (Å²) in [4.78, 5) is 22.3. The zero-order chi connectivity index (χ0) is 15.1. The highest BCUT2D eigenvalue weighted by molar-refractivity contribution is 7.85. The van der Waals surface area contributed by atoms with Crippen LogP contribution in [0, 0.1) is 0 Å². The number of ether oxygens (including phenoxy) is 1. The Morgan fingerprint density at radius 2 is 2.05 bits per heavy atom. The van der Waals surface area contributed by atoms with Gasteiger partial charge in [-0.15, -0.1) is 0 Å². The monoisotopic (exact) mass is 291 g/mol. The molecule has 0 aliphatic carbocycles. The van der Waals surface area contributed by atoms with Crippen molar-refractivity contribution in [3.8, 4) is 0 Å². The number of hydrogen-bond donors (Lipinski definition) is 2. The molecule has 7 nitrogen and oxygen atoms in total. The summed E-state index contributed by atoms with van der Waals surface area (Å²) in [6.45, 7) is 7.86. The van der Waals surface area contributed by atoms with Crippen LogP contribution in [0.3, 0.4) is 0 Å². The quantitative estimate of drug-likeness (QED) is 0.371. The summed E-state index contributed by atoms with van der Waals surface area (Å²) in [5.74, 6) is -1.74. The van der Waals surface area contributed by atoms with Gasteiger partial charge >= 0.3 is 5.97 Å². The number of esters is 1. The first kappa shape index (κ1) is 17.3. The molecule has 0 heterocycles. The lowest BCUT2D eigenvalue weighted by atomic mass is 10.2. The first-order chi connectivity index (χ1) is 8.65. The van der Waals surface area contributed by atoms with Crippen molar-refractivity contribution in [3.05, 3.63) is 24.8 Å². The normalized spacial score (nSPS) is 12.3. The molecule has 108 valence electrons. The number of hydrogen-bond acceptors (Lipinski definition) is 5. The summed E-state index contributed by atoms with van der Waals surface area (Å²) < 4.78 is 34.7. The largest absolute Gasteiger partial charge is 0.460 e. The molecule has 0 fully saturated rings. The second kappa shape index (κ2) is 7.70. The van der Waals surface area contributed by atoms with Gasteiger partial charge in [0.25, 0.3) is 10.1 Å². The smallest absolute Gasteiger partial charge is 0.333 e. The Labute approximate surface area is 112 Å². The SMILES string of the molecule is C=CC(=O)NC(CCS(=O)(=O)O)COC(=O)C(=C)C. The second-order valence-corrected chi connectivity index (χ2v) is 5.44. The number of carbonyl (C=O) groups is 2. The highest BCUT2D eigenvalue weighted by atomic mass is 32.2. The zero-order valence-corrected chi connectivity index (χ0v) is 11.4. The maximum atomic E-state index is 11.2. The highest BCUT2D eigenvalue weighted by Gasteiger charge is 2.17. The van der Waals surface area contributed by atoms with Crippen LogP contribution in [0.4, 0.5) is 0 Å². The lowest BCUT2D eigenvalue weighted by molar-refractivity contribution is -0.140. The number of nitrogens with one attached hydrogen (secondary N) is 1. The van der Waals surface area contributed by atoms with Gasteiger partial charge < -0.3 is 10.1 Å². The third-order valence-corrected chi connectivity index (χ3v) is 2.77. The van der Waals surface area contributed by atoms with Gasteiger partial charge in [-0.1, -0.05) is 13.2 Å². The summed E-state index contributed by atoms with van der Waals surface area (Å²) in [7, 11) is -4.15. The minimum absolute atomic E-state index is 0.0954. The Hall–Kier alpha value is -1.67. The van der Waals surface area contributed by atoms with Gasteiger partial charge in [-0.3, -0.25) is 9.35 Å². The van der Waals surface area contributed by atoms with Crippen molar-refractivity contribution in [1.29, 1.82) is 0 Å². The first-order valence-corrected chi connectivity index (χ1v) is 6.97. The van der Waals surface area contributed by atoms with Gasteiger partial charge in [0.2, 0.25) is 5.91 Å². The van der Waals surface area contributed by atoms with Crippen LogP contribution in [0.5, 0.6) is 0 Å². The van der Waals surface area contributed by atoms with Crippen molar-refractivity contribution < 1.29 is 27.3 Å². The van der Waals surface area contributed by atoms with Crippen molar-refractivity contribution >= 4 is 22.0 Å². The van der Waals surface area contributed by atoms with E-state index in [0.717, 1.165) is 6.08 Å². The molecular formula is C11H17NO6S. The fourth-order valence-electron chi connectivity index (χ4n) is 1.05. The van der Waals surface area contributed by atoms with E-state index < -0.39 is 33.8 Å². The molecule has 0 aromatic carbocycles. The molecule has 1 amide bonds. The Morgan fingerprint density at radius 1 is 1.47 bits per heavy atom. The van der Waals surface area contributed by atoms with Crippen molar-refractivity contribution in [3.63, 3.8) is 0 Å². The summed E-state index contributed by atoms with van der Waals surface area (Å²) in [5, 5.41) is 2.39. The van der Waals surface area contributed by atoms with Crippen LogP contribution in [0.2, 0.25) is 0 Å². The van der Waals surface area contributed by atoms with Crippen LogP contribution >= 0.6 is 0 Å². The Kier molecular flexibility index (Phi) is 7.02. The maximum Gasteiger partial charge on any atom is 0.333 e. The Bertz CT molecular complexity index is 468. The molecule has 0 spiro atoms. The average Bonchev–Trinajstić information content (AvgIpc) is 2.30. The molecule has 0 saturated carbocycles. The maximum absolute atomic E-state index is 11.2. The zero-order valence-electron chi connectivity index (χ0n) is 10.6. The number of amides is 1. The first-order valence-electron chi connectivity index (χ1n) is 5.36. The molecule has 0 aromatic rings. The van der Waals surface area contributed by atoms with Crippen LogP contribution < -0.4 is 5.32 Å².